The zero-order chi connectivity index (χ0) is 19.0. The van der Waals surface area contributed by atoms with E-state index in [0.717, 1.165) is 18.9 Å². The third-order valence-electron chi connectivity index (χ3n) is 4.66. The molecule has 0 atom stereocenters. The topological polar surface area (TPSA) is 75.7 Å². The first-order chi connectivity index (χ1) is 12.4. The molecule has 1 aromatic carbocycles. The van der Waals surface area contributed by atoms with Gasteiger partial charge >= 0.3 is 0 Å². The molecule has 1 fully saturated rings. The second kappa shape index (κ2) is 9.99. The van der Waals surface area contributed by atoms with Crippen molar-refractivity contribution >= 4 is 15.9 Å². The molecule has 8 heteroatoms. The summed E-state index contributed by atoms with van der Waals surface area (Å²) in [5.74, 6) is -0.394. The van der Waals surface area contributed by atoms with Crippen LogP contribution in [0.25, 0.3) is 0 Å². The number of amides is 1. The average molecular weight is 386 g/mol. The van der Waals surface area contributed by atoms with Crippen LogP contribution in [0.3, 0.4) is 0 Å². The molecule has 1 amide bonds. The molecule has 0 spiro atoms. The second-order valence-corrected chi connectivity index (χ2v) is 8.42. The van der Waals surface area contributed by atoms with Crippen LogP contribution >= 0.6 is 0 Å². The largest absolute Gasteiger partial charge is 0.385 e. The van der Waals surface area contributed by atoms with Gasteiger partial charge in [0, 0.05) is 39.8 Å². The van der Waals surface area contributed by atoms with Gasteiger partial charge in [-0.15, -0.1) is 0 Å². The molecule has 0 bridgehead atoms. The Morgan fingerprint density at radius 3 is 2.65 bits per heavy atom. The highest BCUT2D eigenvalue weighted by atomic mass is 32.2. The first kappa shape index (κ1) is 20.8. The predicted octanol–water partition coefficient (Wildman–Crippen LogP) is 2.16. The molecule has 6 nitrogen and oxygen atoms in total. The molecule has 0 saturated carbocycles. The van der Waals surface area contributed by atoms with Gasteiger partial charge in [0.1, 0.15) is 10.7 Å². The maximum atomic E-state index is 13.8. The minimum Gasteiger partial charge on any atom is -0.385 e. The average Bonchev–Trinajstić information content (AvgIpc) is 2.64. The number of piperidine rings is 1. The Labute approximate surface area is 154 Å². The number of benzene rings is 1. The smallest absolute Gasteiger partial charge is 0.245 e. The van der Waals surface area contributed by atoms with E-state index in [4.69, 9.17) is 4.74 Å². The summed E-state index contributed by atoms with van der Waals surface area (Å²) < 4.78 is 45.2. The van der Waals surface area contributed by atoms with Crippen molar-refractivity contribution in [2.45, 2.75) is 37.0 Å². The van der Waals surface area contributed by atoms with Gasteiger partial charge in [-0.1, -0.05) is 12.1 Å². The molecule has 1 heterocycles. The Kier molecular flexibility index (Phi) is 7.99. The number of nitrogens with zero attached hydrogens (tertiary/aromatic N) is 1. The summed E-state index contributed by atoms with van der Waals surface area (Å²) in [7, 11) is -2.17. The number of hydrogen-bond acceptors (Lipinski definition) is 4. The van der Waals surface area contributed by atoms with Crippen LogP contribution in [0, 0.1) is 11.7 Å². The van der Waals surface area contributed by atoms with Crippen LogP contribution in [-0.2, 0) is 19.6 Å². The van der Waals surface area contributed by atoms with Gasteiger partial charge in [0.25, 0.3) is 0 Å². The number of sulfonamides is 1. The van der Waals surface area contributed by atoms with Crippen molar-refractivity contribution in [2.75, 3.05) is 33.4 Å². The summed E-state index contributed by atoms with van der Waals surface area (Å²) in [6, 6.07) is 5.45. The fourth-order valence-corrected chi connectivity index (χ4v) is 4.63. The number of carbonyl (C=O) groups is 1. The summed E-state index contributed by atoms with van der Waals surface area (Å²) in [5.41, 5.74) is 0. The molecule has 0 aliphatic carbocycles. The van der Waals surface area contributed by atoms with Gasteiger partial charge in [0.15, 0.2) is 0 Å². The van der Waals surface area contributed by atoms with Crippen LogP contribution in [0.1, 0.15) is 32.1 Å². The predicted molar refractivity (Wildman–Crippen MR) is 96.6 cm³/mol. The Morgan fingerprint density at radius 2 is 2.00 bits per heavy atom. The fraction of sp³-hybridized carbons (Fsp3) is 0.611. The lowest BCUT2D eigenvalue weighted by molar-refractivity contribution is -0.121. The molecule has 1 aliphatic rings. The lowest BCUT2D eigenvalue weighted by Crippen LogP contribution is -2.39. The number of methoxy groups -OCH3 is 1. The van der Waals surface area contributed by atoms with E-state index < -0.39 is 15.8 Å². The molecule has 146 valence electrons. The molecule has 26 heavy (non-hydrogen) atoms. The van der Waals surface area contributed by atoms with Gasteiger partial charge in [-0.3, -0.25) is 4.79 Å². The number of rotatable bonds is 9. The Bertz CT molecular complexity index is 688. The van der Waals surface area contributed by atoms with Crippen LogP contribution in [0.15, 0.2) is 29.2 Å². The summed E-state index contributed by atoms with van der Waals surface area (Å²) in [6.07, 6.45) is 3.34. The van der Waals surface area contributed by atoms with Gasteiger partial charge in [0.2, 0.25) is 15.9 Å². The third-order valence-corrected chi connectivity index (χ3v) is 6.59. The molecular weight excluding hydrogens is 359 g/mol. The summed E-state index contributed by atoms with van der Waals surface area (Å²) in [6.45, 7) is 1.94. The molecule has 1 aliphatic heterocycles. The quantitative estimate of drug-likeness (QED) is 0.660. The Hall–Kier alpha value is -1.51. The Morgan fingerprint density at radius 1 is 1.31 bits per heavy atom. The molecule has 1 N–H and O–H groups in total. The van der Waals surface area contributed by atoms with Gasteiger partial charge in [-0.2, -0.15) is 4.31 Å². The molecule has 0 unspecified atom stereocenters. The minimum absolute atomic E-state index is 0.0162. The van der Waals surface area contributed by atoms with E-state index in [1.165, 1.54) is 22.5 Å². The number of halogens is 1. The normalized spacial score (nSPS) is 16.5. The first-order valence-corrected chi connectivity index (χ1v) is 10.4. The van der Waals surface area contributed by atoms with Crippen molar-refractivity contribution < 1.29 is 22.3 Å². The number of hydrogen-bond donors (Lipinski definition) is 1. The highest BCUT2D eigenvalue weighted by molar-refractivity contribution is 7.89. The van der Waals surface area contributed by atoms with E-state index in [-0.39, 0.29) is 10.8 Å². The van der Waals surface area contributed by atoms with Crippen molar-refractivity contribution in [3.63, 3.8) is 0 Å². The van der Waals surface area contributed by atoms with Crippen molar-refractivity contribution in [3.05, 3.63) is 30.1 Å². The van der Waals surface area contributed by atoms with Gasteiger partial charge in [-0.05, 0) is 43.7 Å². The van der Waals surface area contributed by atoms with Crippen molar-refractivity contribution in [2.24, 2.45) is 5.92 Å². The zero-order valence-electron chi connectivity index (χ0n) is 15.1. The maximum absolute atomic E-state index is 13.8. The summed E-state index contributed by atoms with van der Waals surface area (Å²) in [5, 5.41) is 2.85. The molecule has 0 radical (unpaired) electrons. The highest BCUT2D eigenvalue weighted by Gasteiger charge is 2.31. The van der Waals surface area contributed by atoms with Crippen LogP contribution in [-0.4, -0.2) is 52.0 Å². The SMILES string of the molecule is COCCCNC(=O)CCC1CCN(S(=O)(=O)c2ccccc2F)CC1. The molecular formula is C18H27FN2O4S. The fourth-order valence-electron chi connectivity index (χ4n) is 3.10. The molecule has 1 saturated heterocycles. The van der Waals surface area contributed by atoms with E-state index in [1.54, 1.807) is 7.11 Å². The Balaban J connectivity index is 1.77. The second-order valence-electron chi connectivity index (χ2n) is 6.51. The summed E-state index contributed by atoms with van der Waals surface area (Å²) >= 11 is 0. The lowest BCUT2D eigenvalue weighted by Gasteiger charge is -2.31. The van der Waals surface area contributed by atoms with E-state index in [9.17, 15) is 17.6 Å². The van der Waals surface area contributed by atoms with Gasteiger partial charge in [0.05, 0.1) is 0 Å². The lowest BCUT2D eigenvalue weighted by atomic mass is 9.93. The van der Waals surface area contributed by atoms with E-state index in [2.05, 4.69) is 5.32 Å². The number of carbonyl (C=O) groups excluding carboxylic acids is 1. The van der Waals surface area contributed by atoms with Crippen LogP contribution in [0.2, 0.25) is 0 Å². The van der Waals surface area contributed by atoms with Crippen molar-refractivity contribution in [3.8, 4) is 0 Å². The molecule has 0 aromatic heterocycles. The van der Waals surface area contributed by atoms with Crippen LogP contribution < -0.4 is 5.32 Å². The number of ether oxygens (including phenoxy) is 1. The van der Waals surface area contributed by atoms with Crippen molar-refractivity contribution in [1.82, 2.24) is 9.62 Å². The highest BCUT2D eigenvalue weighted by Crippen LogP contribution is 2.27. The van der Waals surface area contributed by atoms with Gasteiger partial charge < -0.3 is 10.1 Å². The standard InChI is InChI=1S/C18H27FN2O4S/c1-25-14-4-11-20-18(22)8-7-15-9-12-21(13-10-15)26(23,24)17-6-3-2-5-16(17)19/h2-3,5-6,15H,4,7-14H2,1H3,(H,20,22). The van der Waals surface area contributed by atoms with Crippen LogP contribution in [0.5, 0.6) is 0 Å². The molecule has 1 aromatic rings. The monoisotopic (exact) mass is 386 g/mol. The zero-order valence-corrected chi connectivity index (χ0v) is 15.9. The third kappa shape index (κ3) is 5.75. The number of nitrogens with one attached hydrogen (secondary N) is 1. The van der Waals surface area contributed by atoms with Crippen LogP contribution in [0.4, 0.5) is 4.39 Å². The van der Waals surface area contributed by atoms with Crippen molar-refractivity contribution in [1.29, 1.82) is 0 Å². The summed E-state index contributed by atoms with van der Waals surface area (Å²) in [4.78, 5) is 11.5. The van der Waals surface area contributed by atoms with E-state index >= 15 is 0 Å². The van der Waals surface area contributed by atoms with E-state index in [1.807, 2.05) is 0 Å². The minimum atomic E-state index is -3.80. The maximum Gasteiger partial charge on any atom is 0.245 e. The molecule has 2 rings (SSSR count). The van der Waals surface area contributed by atoms with E-state index in [0.29, 0.717) is 51.4 Å². The van der Waals surface area contributed by atoms with Gasteiger partial charge in [-0.25, -0.2) is 12.8 Å². The first-order valence-electron chi connectivity index (χ1n) is 8.95.